The molecule has 1 N–H and O–H groups in total. The van der Waals surface area contributed by atoms with Crippen LogP contribution in [-0.4, -0.2) is 12.1 Å². The fraction of sp³-hybridized carbons (Fsp3) is 0.909. The minimum atomic E-state index is -0.192. The van der Waals surface area contributed by atoms with Gasteiger partial charge in [-0.15, -0.1) is 0 Å². The molecular weight excluding hydrogens is 160 g/mol. The summed E-state index contributed by atoms with van der Waals surface area (Å²) >= 11 is 0. The van der Waals surface area contributed by atoms with Crippen molar-refractivity contribution in [3.63, 3.8) is 0 Å². The summed E-state index contributed by atoms with van der Waals surface area (Å²) in [6.07, 6.45) is 5.57. The van der Waals surface area contributed by atoms with Crippen molar-refractivity contribution in [3.05, 3.63) is 0 Å². The lowest BCUT2D eigenvalue weighted by Crippen LogP contribution is -2.46. The van der Waals surface area contributed by atoms with Gasteiger partial charge in [0.1, 0.15) is 5.54 Å². The topological polar surface area (TPSA) is 35.8 Å². The van der Waals surface area contributed by atoms with Gasteiger partial charge >= 0.3 is 0 Å². The molecule has 0 saturated heterocycles. The number of nitriles is 1. The molecule has 0 atom stereocenters. The predicted molar refractivity (Wildman–Crippen MR) is 54.3 cm³/mol. The van der Waals surface area contributed by atoms with Crippen molar-refractivity contribution in [3.8, 4) is 6.07 Å². The second-order valence-electron chi connectivity index (χ2n) is 4.30. The molecule has 74 valence electrons. The SMILES string of the molecule is CCCNC1(C#N)CCC(C)CC1. The number of hydrogen-bond donors (Lipinski definition) is 1. The van der Waals surface area contributed by atoms with E-state index in [4.69, 9.17) is 5.26 Å². The van der Waals surface area contributed by atoms with Crippen molar-refractivity contribution in [1.29, 1.82) is 5.26 Å². The lowest BCUT2D eigenvalue weighted by molar-refractivity contribution is 0.250. The Morgan fingerprint density at radius 3 is 2.54 bits per heavy atom. The molecule has 0 unspecified atom stereocenters. The monoisotopic (exact) mass is 180 g/mol. The summed E-state index contributed by atoms with van der Waals surface area (Å²) in [7, 11) is 0. The van der Waals surface area contributed by atoms with Gasteiger partial charge in [-0.3, -0.25) is 5.32 Å². The molecule has 2 nitrogen and oxygen atoms in total. The first-order valence-corrected chi connectivity index (χ1v) is 5.39. The smallest absolute Gasteiger partial charge is 0.106 e. The average molecular weight is 180 g/mol. The molecule has 1 rings (SSSR count). The average Bonchev–Trinajstić information content (AvgIpc) is 2.18. The van der Waals surface area contributed by atoms with Gasteiger partial charge < -0.3 is 0 Å². The van der Waals surface area contributed by atoms with Crippen LogP contribution in [0.5, 0.6) is 0 Å². The minimum absolute atomic E-state index is 0.192. The molecule has 0 radical (unpaired) electrons. The summed E-state index contributed by atoms with van der Waals surface area (Å²) in [6.45, 7) is 5.40. The van der Waals surface area contributed by atoms with Crippen molar-refractivity contribution in [2.45, 2.75) is 51.5 Å². The maximum Gasteiger partial charge on any atom is 0.106 e. The molecule has 1 fully saturated rings. The zero-order chi connectivity index (χ0) is 9.73. The fourth-order valence-corrected chi connectivity index (χ4v) is 1.95. The maximum absolute atomic E-state index is 9.14. The van der Waals surface area contributed by atoms with E-state index >= 15 is 0 Å². The van der Waals surface area contributed by atoms with E-state index in [1.165, 1.54) is 12.8 Å². The highest BCUT2D eigenvalue weighted by molar-refractivity contribution is 5.08. The summed E-state index contributed by atoms with van der Waals surface area (Å²) in [4.78, 5) is 0. The van der Waals surface area contributed by atoms with Gasteiger partial charge in [0.25, 0.3) is 0 Å². The second-order valence-corrected chi connectivity index (χ2v) is 4.30. The van der Waals surface area contributed by atoms with Crippen LogP contribution in [0.15, 0.2) is 0 Å². The molecular formula is C11H20N2. The number of nitrogens with one attached hydrogen (secondary N) is 1. The Morgan fingerprint density at radius 1 is 1.46 bits per heavy atom. The van der Waals surface area contributed by atoms with Crippen LogP contribution < -0.4 is 5.32 Å². The van der Waals surface area contributed by atoms with E-state index in [-0.39, 0.29) is 5.54 Å². The molecule has 0 amide bonds. The Kier molecular flexibility index (Phi) is 3.74. The van der Waals surface area contributed by atoms with Gasteiger partial charge in [0.2, 0.25) is 0 Å². The van der Waals surface area contributed by atoms with E-state index in [0.29, 0.717) is 0 Å². The molecule has 0 aromatic heterocycles. The summed E-state index contributed by atoms with van der Waals surface area (Å²) in [6, 6.07) is 2.46. The van der Waals surface area contributed by atoms with Crippen LogP contribution in [-0.2, 0) is 0 Å². The highest BCUT2D eigenvalue weighted by Crippen LogP contribution is 2.31. The first-order chi connectivity index (χ1) is 6.22. The molecule has 0 aromatic carbocycles. The lowest BCUT2D eigenvalue weighted by Gasteiger charge is -2.34. The number of hydrogen-bond acceptors (Lipinski definition) is 2. The Hall–Kier alpha value is -0.550. The molecule has 2 heteroatoms. The van der Waals surface area contributed by atoms with Gasteiger partial charge in [-0.1, -0.05) is 13.8 Å². The Bertz CT molecular complexity index is 179. The standard InChI is InChI=1S/C11H20N2/c1-3-8-13-11(9-12)6-4-10(2)5-7-11/h10,13H,3-8H2,1-2H3. The lowest BCUT2D eigenvalue weighted by atomic mass is 9.78. The summed E-state index contributed by atoms with van der Waals surface area (Å²) in [5.74, 6) is 0.810. The molecule has 0 bridgehead atoms. The zero-order valence-electron chi connectivity index (χ0n) is 8.77. The highest BCUT2D eigenvalue weighted by Gasteiger charge is 2.33. The zero-order valence-corrected chi connectivity index (χ0v) is 8.77. The Balaban J connectivity index is 2.46. The molecule has 1 aliphatic rings. The van der Waals surface area contributed by atoms with Crippen molar-refractivity contribution in [2.24, 2.45) is 5.92 Å². The predicted octanol–water partition coefficient (Wildman–Crippen LogP) is 2.46. The van der Waals surface area contributed by atoms with E-state index < -0.39 is 0 Å². The molecule has 1 aliphatic carbocycles. The van der Waals surface area contributed by atoms with Gasteiger partial charge in [0, 0.05) is 0 Å². The van der Waals surface area contributed by atoms with Crippen molar-refractivity contribution >= 4 is 0 Å². The van der Waals surface area contributed by atoms with E-state index in [0.717, 1.165) is 31.7 Å². The van der Waals surface area contributed by atoms with Crippen LogP contribution in [0.2, 0.25) is 0 Å². The van der Waals surface area contributed by atoms with Crippen LogP contribution in [0, 0.1) is 17.2 Å². The van der Waals surface area contributed by atoms with Crippen LogP contribution in [0.25, 0.3) is 0 Å². The molecule has 0 aromatic rings. The third-order valence-corrected chi connectivity index (χ3v) is 3.06. The van der Waals surface area contributed by atoms with Gasteiger partial charge in [-0.25, -0.2) is 0 Å². The Labute approximate surface area is 81.3 Å². The van der Waals surface area contributed by atoms with Crippen LogP contribution in [0.3, 0.4) is 0 Å². The molecule has 1 saturated carbocycles. The largest absolute Gasteiger partial charge is 0.299 e. The quantitative estimate of drug-likeness (QED) is 0.724. The van der Waals surface area contributed by atoms with Crippen molar-refractivity contribution < 1.29 is 0 Å². The van der Waals surface area contributed by atoms with E-state index in [9.17, 15) is 0 Å². The molecule has 0 spiro atoms. The van der Waals surface area contributed by atoms with Crippen LogP contribution in [0.4, 0.5) is 0 Å². The fourth-order valence-electron chi connectivity index (χ4n) is 1.95. The third-order valence-electron chi connectivity index (χ3n) is 3.06. The van der Waals surface area contributed by atoms with Gasteiger partial charge in [-0.05, 0) is 44.6 Å². The maximum atomic E-state index is 9.14. The summed E-state index contributed by atoms with van der Waals surface area (Å²) in [5.41, 5.74) is -0.192. The minimum Gasteiger partial charge on any atom is -0.299 e. The normalized spacial score (nSPS) is 34.1. The molecule has 0 aliphatic heterocycles. The van der Waals surface area contributed by atoms with Gasteiger partial charge in [0.05, 0.1) is 6.07 Å². The second kappa shape index (κ2) is 4.62. The Morgan fingerprint density at radius 2 is 2.08 bits per heavy atom. The van der Waals surface area contributed by atoms with E-state index in [2.05, 4.69) is 25.2 Å². The number of rotatable bonds is 3. The molecule has 13 heavy (non-hydrogen) atoms. The number of nitrogens with zero attached hydrogens (tertiary/aromatic N) is 1. The molecule has 0 heterocycles. The van der Waals surface area contributed by atoms with Crippen LogP contribution in [0.1, 0.15) is 46.0 Å². The van der Waals surface area contributed by atoms with E-state index in [1.807, 2.05) is 0 Å². The first-order valence-electron chi connectivity index (χ1n) is 5.39. The summed E-state index contributed by atoms with van der Waals surface area (Å²) in [5, 5.41) is 12.5. The van der Waals surface area contributed by atoms with E-state index in [1.54, 1.807) is 0 Å². The van der Waals surface area contributed by atoms with Gasteiger partial charge in [-0.2, -0.15) is 5.26 Å². The summed E-state index contributed by atoms with van der Waals surface area (Å²) < 4.78 is 0. The van der Waals surface area contributed by atoms with Crippen molar-refractivity contribution in [1.82, 2.24) is 5.32 Å². The van der Waals surface area contributed by atoms with Crippen molar-refractivity contribution in [2.75, 3.05) is 6.54 Å². The third kappa shape index (κ3) is 2.70. The first kappa shape index (κ1) is 10.5. The van der Waals surface area contributed by atoms with Gasteiger partial charge in [0.15, 0.2) is 0 Å². The highest BCUT2D eigenvalue weighted by atomic mass is 15.0. The van der Waals surface area contributed by atoms with Crippen LogP contribution >= 0.6 is 0 Å².